The third-order valence-electron chi connectivity index (χ3n) is 9.86. The van der Waals surface area contributed by atoms with Crippen molar-refractivity contribution in [2.75, 3.05) is 66.6 Å². The number of aromatic nitrogens is 2. The second-order valence-electron chi connectivity index (χ2n) is 15.5. The zero-order valence-electron chi connectivity index (χ0n) is 50.1. The summed E-state index contributed by atoms with van der Waals surface area (Å²) in [5.74, 6) is 3.36. The van der Waals surface area contributed by atoms with E-state index in [4.69, 9.17) is 60.4 Å². The Morgan fingerprint density at radius 2 is 0.741 bits per heavy atom. The van der Waals surface area contributed by atoms with Gasteiger partial charge in [0.2, 0.25) is 0 Å². The molecule has 29 heteroatoms. The summed E-state index contributed by atoms with van der Waals surface area (Å²) < 4.78 is 82.7. The molecule has 4 aromatic carbocycles. The molecule has 0 amide bonds. The number of aliphatic imine (C=N–C) groups is 2. The van der Waals surface area contributed by atoms with Crippen molar-refractivity contribution < 1.29 is 209 Å². The molecule has 8 rings (SSSR count). The van der Waals surface area contributed by atoms with E-state index in [1.165, 1.54) is 0 Å². The number of nitrogens with zero attached hydrogens (tertiary/aromatic N) is 4. The van der Waals surface area contributed by atoms with Gasteiger partial charge in [0.1, 0.15) is 23.0 Å². The van der Waals surface area contributed by atoms with Gasteiger partial charge in [0.25, 0.3) is 0 Å². The summed E-state index contributed by atoms with van der Waals surface area (Å²) in [6.07, 6.45) is 15.9. The van der Waals surface area contributed by atoms with E-state index >= 15 is 0 Å². The van der Waals surface area contributed by atoms with Crippen LogP contribution in [0.5, 0.6) is 23.0 Å². The number of hydrogen-bond acceptors (Lipinski definition) is 20. The van der Waals surface area contributed by atoms with E-state index in [1.54, 1.807) is 53.4 Å². The fraction of sp³-hybridized carbons (Fsp3) is 0.214. The molecular formula is C56H64CuN4Na4O16S4. The Labute approximate surface area is 607 Å². The second kappa shape index (κ2) is 53.3. The normalized spacial score (nSPS) is 11.4. The fourth-order valence-electron chi connectivity index (χ4n) is 6.00. The van der Waals surface area contributed by atoms with Crippen molar-refractivity contribution in [2.45, 2.75) is 13.8 Å². The van der Waals surface area contributed by atoms with E-state index in [2.05, 4.69) is 97.1 Å². The molecule has 0 saturated carbocycles. The average molecular weight is 1330 g/mol. The Morgan fingerprint density at radius 1 is 0.482 bits per heavy atom. The van der Waals surface area contributed by atoms with Gasteiger partial charge >= 0.3 is 135 Å². The number of hydrogen-bond donors (Lipinski definition) is 0. The van der Waals surface area contributed by atoms with Gasteiger partial charge in [-0.2, -0.15) is 8.67 Å². The van der Waals surface area contributed by atoms with Crippen LogP contribution in [0, 0.1) is 0 Å². The molecule has 4 heterocycles. The minimum atomic E-state index is -3.92. The van der Waals surface area contributed by atoms with Gasteiger partial charge in [-0.05, 0) is 108 Å². The molecule has 0 atom stereocenters. The molecular weight excluding hydrogens is 1270 g/mol. The van der Waals surface area contributed by atoms with E-state index in [-0.39, 0.29) is 135 Å². The molecule has 0 spiro atoms. The van der Waals surface area contributed by atoms with Gasteiger partial charge in [0.05, 0.1) is 61.8 Å². The van der Waals surface area contributed by atoms with E-state index in [0.29, 0.717) is 12.5 Å². The monoisotopic (exact) mass is 1330 g/mol. The Morgan fingerprint density at radius 3 is 0.918 bits per heavy atom. The molecule has 6 aromatic rings. The van der Waals surface area contributed by atoms with E-state index in [0.717, 1.165) is 127 Å². The molecule has 20 nitrogen and oxygen atoms in total. The van der Waals surface area contributed by atoms with Crippen LogP contribution in [0.1, 0.15) is 47.5 Å². The molecule has 1 radical (unpaired) electrons. The van der Waals surface area contributed by atoms with E-state index in [9.17, 15) is 0 Å². The van der Waals surface area contributed by atoms with Crippen LogP contribution in [0.2, 0.25) is 0 Å². The van der Waals surface area contributed by atoms with Crippen LogP contribution in [-0.4, -0.2) is 105 Å². The molecule has 2 aliphatic heterocycles. The largest absolute Gasteiger partial charge is 2.00 e. The minimum absolute atomic E-state index is 0. The fourth-order valence-corrected chi connectivity index (χ4v) is 6.11. The maximum atomic E-state index is 9.08. The van der Waals surface area contributed by atoms with Gasteiger partial charge in [-0.15, -0.1) is 22.1 Å². The Balaban J connectivity index is -0.000000327. The molecule has 2 aliphatic rings. The molecule has 0 N–H and O–H groups in total. The number of allylic oxidation sites excluding steroid dienone is 2. The van der Waals surface area contributed by atoms with Crippen LogP contribution in [0.25, 0.3) is 22.3 Å². The van der Waals surface area contributed by atoms with Crippen molar-refractivity contribution in [1.82, 2.24) is 9.97 Å². The van der Waals surface area contributed by atoms with Gasteiger partial charge in [0.15, 0.2) is 0 Å². The first kappa shape index (κ1) is 91.2. The van der Waals surface area contributed by atoms with Crippen molar-refractivity contribution in [3.63, 3.8) is 0 Å². The Bertz CT molecular complexity index is 2990. The minimum Gasteiger partial charge on any atom is -0.748 e. The predicted octanol–water partition coefficient (Wildman–Crippen LogP) is -5.55. The SMILES string of the molecule is C1=CCN=C1.C1=CCN=C1.C=C(c1ccc(OC)cc1)c1ccc(C(=C)c2ccc(OC)cc2)[n-]1.COc1ccc(/C(C)=c2\cc/c(=C(/C)c3ccc(OC)cc3)[n-]2)cc1.CS(=O)(=O)[O-].CS(=O)(=O)[O-].CSOO[O-].CSOO[O-].[Cu+2].[Na+].[Na+].[Na+].[Na+]. The van der Waals surface area contributed by atoms with Gasteiger partial charge in [0, 0.05) is 61.5 Å². The maximum Gasteiger partial charge on any atom is 2.00 e. The second-order valence-corrected chi connectivity index (χ2v) is 19.2. The molecule has 0 fully saturated rings. The summed E-state index contributed by atoms with van der Waals surface area (Å²) in [6, 6.07) is 39.8. The first-order chi connectivity index (χ1) is 38.1. The van der Waals surface area contributed by atoms with Crippen molar-refractivity contribution in [1.29, 1.82) is 0 Å². The van der Waals surface area contributed by atoms with Gasteiger partial charge < -0.3 is 48.5 Å². The number of methoxy groups -OCH3 is 4. The zero-order valence-corrected chi connectivity index (χ0v) is 62.3. The van der Waals surface area contributed by atoms with Gasteiger partial charge in [-0.1, -0.05) is 109 Å². The Hall–Kier alpha value is -2.52. The van der Waals surface area contributed by atoms with Crippen LogP contribution in [0.3, 0.4) is 0 Å². The Kier molecular flexibility index (Phi) is 57.2. The standard InChI is InChI=1S/C22H22NO2.C22H20NO2.2C4H5N.4CH4O3S.Cu.4Na/c2*1-15(17-5-9-19(24-3)10-6-17)21-13-14-22(23-21)16(2)18-7-11-20(25-4)12-8-18;2*1-2-4-5-3-1;2*1-5(2,3)4;2*1-5-4-3-2;;;;;/h5-14H,1-4H3;5-14H,1-2H2,3-4H3;2*1-3H,4H2;2*1H3,(H,2,3,4);2*2H,1H3;;;;;/q2*-1;;;;;;;+2;4*+1/p-4/b21-15+,22-16+;;;;;;;;;;;;. The number of rotatable bonds is 14. The zero-order chi connectivity index (χ0) is 59.9. The molecule has 0 aliphatic carbocycles. The van der Waals surface area contributed by atoms with Crippen LogP contribution >= 0.6 is 24.1 Å². The van der Waals surface area contributed by atoms with Gasteiger partial charge in [-0.25, -0.2) is 16.8 Å². The number of ether oxygens (including phenoxy) is 4. The van der Waals surface area contributed by atoms with Crippen molar-refractivity contribution in [2.24, 2.45) is 9.98 Å². The predicted molar refractivity (Wildman–Crippen MR) is 311 cm³/mol. The first-order valence-electron chi connectivity index (χ1n) is 23.1. The summed E-state index contributed by atoms with van der Waals surface area (Å²) >= 11 is 1.73. The van der Waals surface area contributed by atoms with E-state index in [1.807, 2.05) is 109 Å². The van der Waals surface area contributed by atoms with E-state index < -0.39 is 20.2 Å². The third-order valence-corrected chi connectivity index (χ3v) is 10.2. The maximum absolute atomic E-state index is 9.08. The molecule has 2 aromatic heterocycles. The number of benzene rings is 4. The summed E-state index contributed by atoms with van der Waals surface area (Å²) in [7, 11) is -1.18. The molecule has 0 unspecified atom stereocenters. The molecule has 0 bridgehead atoms. The smallest absolute Gasteiger partial charge is 0.748 e. The summed E-state index contributed by atoms with van der Waals surface area (Å²) in [5, 5.41) is 25.4. The first-order valence-corrected chi connectivity index (χ1v) is 29.0. The topological polar surface area (TPSA) is 287 Å². The van der Waals surface area contributed by atoms with Crippen LogP contribution in [0.4, 0.5) is 0 Å². The van der Waals surface area contributed by atoms with Crippen LogP contribution in [-0.2, 0) is 56.0 Å². The summed E-state index contributed by atoms with van der Waals surface area (Å²) in [6.45, 7) is 14.3. The summed E-state index contributed by atoms with van der Waals surface area (Å²) in [4.78, 5) is 17.2. The van der Waals surface area contributed by atoms with Crippen molar-refractivity contribution in [3.05, 3.63) is 203 Å². The van der Waals surface area contributed by atoms with Crippen LogP contribution < -0.4 is 168 Å². The molecule has 85 heavy (non-hydrogen) atoms. The van der Waals surface area contributed by atoms with Crippen molar-refractivity contribution >= 4 is 79.0 Å². The molecule has 0 saturated heterocycles. The quantitative estimate of drug-likeness (QED) is 0.0323. The van der Waals surface area contributed by atoms with Crippen LogP contribution in [0.15, 0.2) is 169 Å². The average Bonchev–Trinajstić information content (AvgIpc) is 4.33. The third kappa shape index (κ3) is 42.9. The summed E-state index contributed by atoms with van der Waals surface area (Å²) in [5.41, 5.74) is 10.0. The van der Waals surface area contributed by atoms with Crippen molar-refractivity contribution in [3.8, 4) is 23.0 Å². The van der Waals surface area contributed by atoms with Gasteiger partial charge in [-0.3, -0.25) is 20.1 Å². The molecule has 443 valence electrons.